The molecule has 1 unspecified atom stereocenters. The van der Waals surface area contributed by atoms with E-state index in [0.717, 1.165) is 0 Å². The fraction of sp³-hybridized carbons (Fsp3) is 0.312. The number of carbonyl (C=O) groups excluding carboxylic acids is 2. The van der Waals surface area contributed by atoms with E-state index in [1.807, 2.05) is 46.8 Å². The molecule has 204 valence electrons. The van der Waals surface area contributed by atoms with Gasteiger partial charge in [0.05, 0.1) is 30.9 Å². The topological polar surface area (TPSA) is 85.3 Å². The molecular weight excluding hydrogens is 494 g/mol. The Labute approximate surface area is 229 Å². The van der Waals surface area contributed by atoms with Crippen LogP contribution in [-0.2, 0) is 9.59 Å². The molecule has 7 heteroatoms. The number of aliphatic hydroxyl groups is 1. The molecule has 3 aromatic carbocycles. The van der Waals surface area contributed by atoms with Crippen molar-refractivity contribution in [2.75, 3.05) is 18.1 Å². The molecule has 0 bridgehead atoms. The zero-order valence-electron chi connectivity index (χ0n) is 23.0. The number of ether oxygens (including phenoxy) is 3. The molecule has 39 heavy (non-hydrogen) atoms. The lowest BCUT2D eigenvalue weighted by Crippen LogP contribution is -2.29. The average molecular weight is 530 g/mol. The van der Waals surface area contributed by atoms with Gasteiger partial charge < -0.3 is 19.3 Å². The standard InChI is InChI=1S/C32H35NO6/c1-6-37-25-16-12-24(13-17-25)33-29(22-10-14-26(15-11-22)39-21(4)5)28(31(35)32(33)36)30(34)23-8-7-9-27(18-23)38-19-20(2)3/h7-18,20-21,29,34H,6,19H2,1-5H3/b30-28-. The maximum Gasteiger partial charge on any atom is 0.300 e. The molecule has 1 amide bonds. The van der Waals surface area contributed by atoms with Crippen molar-refractivity contribution in [2.24, 2.45) is 5.92 Å². The van der Waals surface area contributed by atoms with Crippen LogP contribution in [0, 0.1) is 5.92 Å². The summed E-state index contributed by atoms with van der Waals surface area (Å²) in [6.07, 6.45) is -0.00414. The Morgan fingerprint density at radius 1 is 0.872 bits per heavy atom. The highest BCUT2D eigenvalue weighted by atomic mass is 16.5. The van der Waals surface area contributed by atoms with E-state index in [9.17, 15) is 14.7 Å². The van der Waals surface area contributed by atoms with Gasteiger partial charge in [0.25, 0.3) is 11.7 Å². The summed E-state index contributed by atoms with van der Waals surface area (Å²) in [6, 6.07) is 20.3. The SMILES string of the molecule is CCOc1ccc(N2C(=O)C(=O)/C(=C(\O)c3cccc(OCC(C)C)c3)C2c2ccc(OC(C)C)cc2)cc1. The minimum absolute atomic E-state index is 0.00414. The molecule has 3 aromatic rings. The molecule has 0 spiro atoms. The second-order valence-electron chi connectivity index (χ2n) is 10.1. The number of nitrogens with zero attached hydrogens (tertiary/aromatic N) is 1. The summed E-state index contributed by atoms with van der Waals surface area (Å²) in [5.74, 6) is 0.473. The Balaban J connectivity index is 1.82. The summed E-state index contributed by atoms with van der Waals surface area (Å²) < 4.78 is 17.2. The molecule has 7 nitrogen and oxygen atoms in total. The summed E-state index contributed by atoms with van der Waals surface area (Å²) in [7, 11) is 0. The minimum atomic E-state index is -0.851. The minimum Gasteiger partial charge on any atom is -0.507 e. The molecule has 1 aliphatic rings. The first-order valence-electron chi connectivity index (χ1n) is 13.2. The van der Waals surface area contributed by atoms with Crippen LogP contribution >= 0.6 is 0 Å². The van der Waals surface area contributed by atoms with Gasteiger partial charge >= 0.3 is 0 Å². The third kappa shape index (κ3) is 6.25. The fourth-order valence-electron chi connectivity index (χ4n) is 4.44. The molecule has 0 aromatic heterocycles. The van der Waals surface area contributed by atoms with Gasteiger partial charge in [-0.15, -0.1) is 0 Å². The predicted molar refractivity (Wildman–Crippen MR) is 151 cm³/mol. The smallest absolute Gasteiger partial charge is 0.300 e. The van der Waals surface area contributed by atoms with Crippen LogP contribution in [0.4, 0.5) is 5.69 Å². The van der Waals surface area contributed by atoms with Crippen molar-refractivity contribution in [1.82, 2.24) is 0 Å². The van der Waals surface area contributed by atoms with E-state index in [0.29, 0.717) is 53.2 Å². The van der Waals surface area contributed by atoms with Crippen molar-refractivity contribution in [3.63, 3.8) is 0 Å². The van der Waals surface area contributed by atoms with E-state index in [1.54, 1.807) is 60.7 Å². The van der Waals surface area contributed by atoms with Crippen LogP contribution in [0.2, 0.25) is 0 Å². The number of carbonyl (C=O) groups is 2. The number of aliphatic hydroxyl groups excluding tert-OH is 1. The highest BCUT2D eigenvalue weighted by Crippen LogP contribution is 2.43. The van der Waals surface area contributed by atoms with E-state index >= 15 is 0 Å². The highest BCUT2D eigenvalue weighted by molar-refractivity contribution is 6.51. The molecule has 1 heterocycles. The Morgan fingerprint density at radius 3 is 2.15 bits per heavy atom. The third-order valence-corrected chi connectivity index (χ3v) is 6.13. The van der Waals surface area contributed by atoms with Crippen LogP contribution in [0.5, 0.6) is 17.2 Å². The number of Topliss-reactive ketones (excluding diaryl/α,β-unsaturated/α-hetero) is 1. The summed E-state index contributed by atoms with van der Waals surface area (Å²) in [6.45, 7) is 10.9. The molecule has 1 saturated heterocycles. The van der Waals surface area contributed by atoms with Gasteiger partial charge in [0.15, 0.2) is 0 Å². The van der Waals surface area contributed by atoms with Crippen LogP contribution in [0.15, 0.2) is 78.4 Å². The summed E-state index contributed by atoms with van der Waals surface area (Å²) in [5.41, 5.74) is 1.58. The first-order valence-corrected chi connectivity index (χ1v) is 13.2. The summed E-state index contributed by atoms with van der Waals surface area (Å²) in [5, 5.41) is 11.5. The highest BCUT2D eigenvalue weighted by Gasteiger charge is 2.47. The number of hydrogen-bond donors (Lipinski definition) is 1. The Kier molecular flexibility index (Phi) is 8.59. The normalized spacial score (nSPS) is 16.7. The summed E-state index contributed by atoms with van der Waals surface area (Å²) >= 11 is 0. The van der Waals surface area contributed by atoms with Crippen molar-refractivity contribution in [1.29, 1.82) is 0 Å². The second-order valence-corrected chi connectivity index (χ2v) is 10.1. The zero-order valence-corrected chi connectivity index (χ0v) is 23.0. The molecule has 1 atom stereocenters. The Hall–Kier alpha value is -4.26. The zero-order chi connectivity index (χ0) is 28.1. The van der Waals surface area contributed by atoms with Crippen molar-refractivity contribution in [3.8, 4) is 17.2 Å². The van der Waals surface area contributed by atoms with Crippen LogP contribution in [0.3, 0.4) is 0 Å². The van der Waals surface area contributed by atoms with E-state index < -0.39 is 17.7 Å². The number of ketones is 1. The molecule has 0 saturated carbocycles. The van der Waals surface area contributed by atoms with Gasteiger partial charge in [-0.25, -0.2) is 0 Å². The van der Waals surface area contributed by atoms with Crippen molar-refractivity contribution < 1.29 is 28.9 Å². The largest absolute Gasteiger partial charge is 0.507 e. The van der Waals surface area contributed by atoms with E-state index in [1.165, 1.54) is 4.90 Å². The van der Waals surface area contributed by atoms with E-state index in [4.69, 9.17) is 14.2 Å². The third-order valence-electron chi connectivity index (χ3n) is 6.13. The van der Waals surface area contributed by atoms with Crippen LogP contribution in [0.25, 0.3) is 5.76 Å². The number of hydrogen-bond acceptors (Lipinski definition) is 6. The van der Waals surface area contributed by atoms with E-state index in [2.05, 4.69) is 0 Å². The van der Waals surface area contributed by atoms with Crippen LogP contribution in [0.1, 0.15) is 51.8 Å². The predicted octanol–water partition coefficient (Wildman–Crippen LogP) is 6.53. The molecule has 0 aliphatic carbocycles. The summed E-state index contributed by atoms with van der Waals surface area (Å²) in [4.78, 5) is 28.4. The van der Waals surface area contributed by atoms with Crippen molar-refractivity contribution in [2.45, 2.75) is 46.8 Å². The second kappa shape index (κ2) is 12.1. The molecular formula is C32H35NO6. The lowest BCUT2D eigenvalue weighted by Gasteiger charge is -2.26. The first-order chi connectivity index (χ1) is 18.7. The molecule has 1 fully saturated rings. The average Bonchev–Trinajstić information content (AvgIpc) is 3.18. The first kappa shape index (κ1) is 27.8. The molecule has 0 radical (unpaired) electrons. The van der Waals surface area contributed by atoms with Gasteiger partial charge in [-0.05, 0) is 80.8 Å². The fourth-order valence-corrected chi connectivity index (χ4v) is 4.44. The maximum absolute atomic E-state index is 13.5. The van der Waals surface area contributed by atoms with Crippen molar-refractivity contribution >= 4 is 23.1 Å². The molecule has 1 N–H and O–H groups in total. The van der Waals surface area contributed by atoms with Gasteiger partial charge in [-0.3, -0.25) is 14.5 Å². The van der Waals surface area contributed by atoms with Gasteiger partial charge in [-0.2, -0.15) is 0 Å². The van der Waals surface area contributed by atoms with Crippen LogP contribution in [-0.4, -0.2) is 36.1 Å². The molecule has 4 rings (SSSR count). The lowest BCUT2D eigenvalue weighted by molar-refractivity contribution is -0.132. The Bertz CT molecular complexity index is 1340. The number of amides is 1. The van der Waals surface area contributed by atoms with Gasteiger partial charge in [0, 0.05) is 11.3 Å². The van der Waals surface area contributed by atoms with Gasteiger partial charge in [-0.1, -0.05) is 38.1 Å². The van der Waals surface area contributed by atoms with Gasteiger partial charge in [0.2, 0.25) is 0 Å². The lowest BCUT2D eigenvalue weighted by atomic mass is 9.95. The maximum atomic E-state index is 13.5. The number of benzene rings is 3. The number of rotatable bonds is 10. The quantitative estimate of drug-likeness (QED) is 0.183. The number of anilines is 1. The molecule has 1 aliphatic heterocycles. The van der Waals surface area contributed by atoms with Crippen molar-refractivity contribution in [3.05, 3.63) is 89.5 Å². The monoisotopic (exact) mass is 529 g/mol. The van der Waals surface area contributed by atoms with Gasteiger partial charge in [0.1, 0.15) is 23.0 Å². The van der Waals surface area contributed by atoms with Crippen LogP contribution < -0.4 is 19.1 Å². The Morgan fingerprint density at radius 2 is 1.54 bits per heavy atom. The van der Waals surface area contributed by atoms with E-state index in [-0.39, 0.29) is 17.4 Å².